The number of aromatic nitrogens is 6. The quantitative estimate of drug-likeness (QED) is 0.297. The van der Waals surface area contributed by atoms with Crippen LogP contribution in [0.25, 0.3) is 28.7 Å². The largest absolute Gasteiger partial charge is 0.368 e. The molecule has 0 saturated carbocycles. The lowest BCUT2D eigenvalue weighted by atomic mass is 10.1. The van der Waals surface area contributed by atoms with Gasteiger partial charge in [0.25, 0.3) is 5.56 Å². The number of para-hydroxylation sites is 1. The smallest absolute Gasteiger partial charge is 0.266 e. The number of rotatable bonds is 7. The molecule has 3 aromatic heterocycles. The third-order valence-corrected chi connectivity index (χ3v) is 6.28. The summed E-state index contributed by atoms with van der Waals surface area (Å²) in [7, 11) is 0. The van der Waals surface area contributed by atoms with Crippen molar-refractivity contribution in [2.24, 2.45) is 0 Å². The molecule has 5 aromatic rings. The van der Waals surface area contributed by atoms with Gasteiger partial charge in [-0.3, -0.25) is 9.36 Å². The molecule has 0 bridgehead atoms. The number of fused-ring (bicyclic) bond motifs is 1. The normalized spacial score (nSPS) is 12.3. The first-order valence-electron chi connectivity index (χ1n) is 12.1. The fourth-order valence-corrected chi connectivity index (χ4v) is 4.43. The Labute approximate surface area is 214 Å². The van der Waals surface area contributed by atoms with Gasteiger partial charge in [0.15, 0.2) is 0 Å². The number of hydrogen-bond acceptors (Lipinski definition) is 7. The molecule has 186 valence electrons. The second-order valence-corrected chi connectivity index (χ2v) is 8.79. The molecule has 2 aromatic carbocycles. The van der Waals surface area contributed by atoms with Crippen molar-refractivity contribution in [1.29, 1.82) is 0 Å². The zero-order valence-corrected chi connectivity index (χ0v) is 20.9. The summed E-state index contributed by atoms with van der Waals surface area (Å²) in [5, 5.41) is 4.12. The van der Waals surface area contributed by atoms with Crippen LogP contribution in [0.1, 0.15) is 47.7 Å². The van der Waals surface area contributed by atoms with Crippen molar-refractivity contribution in [1.82, 2.24) is 29.5 Å². The molecule has 0 saturated heterocycles. The highest BCUT2D eigenvalue weighted by atomic mass is 16.1. The van der Waals surface area contributed by atoms with Gasteiger partial charge < -0.3 is 16.0 Å². The molecule has 9 heteroatoms. The van der Waals surface area contributed by atoms with E-state index in [-0.39, 0.29) is 17.5 Å². The molecule has 0 spiro atoms. The van der Waals surface area contributed by atoms with E-state index in [1.807, 2.05) is 81.5 Å². The lowest BCUT2D eigenvalue weighted by Crippen LogP contribution is -2.29. The number of nitrogens with two attached hydrogens (primary N) is 1. The molecule has 9 nitrogen and oxygen atoms in total. The Bertz CT molecular complexity index is 1640. The molecule has 3 heterocycles. The molecular formula is C28H28N8O. The van der Waals surface area contributed by atoms with Crippen LogP contribution >= 0.6 is 0 Å². The fraction of sp³-hybridized carbons (Fsp3) is 0.179. The molecule has 4 N–H and O–H groups in total. The van der Waals surface area contributed by atoms with Crippen LogP contribution in [0.4, 0.5) is 11.8 Å². The molecule has 5 rings (SSSR count). The molecule has 1 atom stereocenters. The summed E-state index contributed by atoms with van der Waals surface area (Å²) in [5.74, 6) is 1.32. The lowest BCUT2D eigenvalue weighted by Gasteiger charge is -2.23. The summed E-state index contributed by atoms with van der Waals surface area (Å²) in [6.45, 7) is 5.85. The molecule has 1 unspecified atom stereocenters. The third-order valence-electron chi connectivity index (χ3n) is 6.28. The number of benzene rings is 2. The predicted octanol–water partition coefficient (Wildman–Crippen LogP) is 4.83. The van der Waals surface area contributed by atoms with Crippen molar-refractivity contribution in [2.45, 2.75) is 33.2 Å². The first kappa shape index (κ1) is 23.9. The molecule has 0 aliphatic heterocycles. The summed E-state index contributed by atoms with van der Waals surface area (Å²) in [6.07, 6.45) is 7.81. The van der Waals surface area contributed by atoms with Crippen LogP contribution < -0.4 is 16.6 Å². The first-order chi connectivity index (χ1) is 18.0. The average molecular weight is 493 g/mol. The Morgan fingerprint density at radius 3 is 2.59 bits per heavy atom. The van der Waals surface area contributed by atoms with Crippen molar-refractivity contribution in [3.63, 3.8) is 0 Å². The van der Waals surface area contributed by atoms with Crippen LogP contribution in [0.5, 0.6) is 0 Å². The molecule has 37 heavy (non-hydrogen) atoms. The number of anilines is 2. The predicted molar refractivity (Wildman–Crippen MR) is 147 cm³/mol. The van der Waals surface area contributed by atoms with E-state index in [0.717, 1.165) is 28.2 Å². The maximum absolute atomic E-state index is 13.9. The topological polar surface area (TPSA) is 127 Å². The van der Waals surface area contributed by atoms with Crippen molar-refractivity contribution >= 4 is 34.8 Å². The van der Waals surface area contributed by atoms with Gasteiger partial charge in [-0.2, -0.15) is 4.98 Å². The fourth-order valence-electron chi connectivity index (χ4n) is 4.43. The summed E-state index contributed by atoms with van der Waals surface area (Å²) in [4.78, 5) is 34.9. The maximum atomic E-state index is 13.9. The average Bonchev–Trinajstić information content (AvgIpc) is 3.40. The Kier molecular flexibility index (Phi) is 6.51. The minimum absolute atomic E-state index is 0.109. The van der Waals surface area contributed by atoms with E-state index in [2.05, 4.69) is 25.3 Å². The van der Waals surface area contributed by atoms with Gasteiger partial charge in [0.1, 0.15) is 11.6 Å². The number of nitrogens with one attached hydrogen (secondary N) is 2. The van der Waals surface area contributed by atoms with Gasteiger partial charge in [0.05, 0.1) is 46.5 Å². The van der Waals surface area contributed by atoms with Gasteiger partial charge in [0, 0.05) is 5.56 Å². The summed E-state index contributed by atoms with van der Waals surface area (Å²) in [5.41, 5.74) is 10.6. The van der Waals surface area contributed by atoms with Crippen molar-refractivity contribution < 1.29 is 0 Å². The monoisotopic (exact) mass is 492 g/mol. The van der Waals surface area contributed by atoms with E-state index in [1.165, 1.54) is 0 Å². The zero-order valence-electron chi connectivity index (χ0n) is 20.9. The molecule has 0 radical (unpaired) electrons. The minimum Gasteiger partial charge on any atom is -0.368 e. The van der Waals surface area contributed by atoms with Gasteiger partial charge in [-0.05, 0) is 56.2 Å². The number of imidazole rings is 1. The van der Waals surface area contributed by atoms with Gasteiger partial charge >= 0.3 is 0 Å². The number of hydrogen-bond donors (Lipinski definition) is 3. The van der Waals surface area contributed by atoms with Crippen LogP contribution in [0.2, 0.25) is 0 Å². The number of aryl methyl sites for hydroxylation is 2. The van der Waals surface area contributed by atoms with Gasteiger partial charge in [-0.15, -0.1) is 0 Å². The second kappa shape index (κ2) is 10.1. The number of nitrogen functional groups attached to an aromatic ring is 1. The highest BCUT2D eigenvalue weighted by Crippen LogP contribution is 2.28. The second-order valence-electron chi connectivity index (χ2n) is 8.79. The first-order valence-corrected chi connectivity index (χ1v) is 12.1. The standard InChI is InChI=1S/C28H28N8O/c1-4-22(33-25-21(18(3)32-28(29)35-25)14-13-19-15-30-16-31-19)26-34-23-12-8-9-17(2)24(23)27(37)36(26)20-10-6-5-7-11-20/h5-16,22H,4H2,1-3H3,(H,30,31)(H3,29,32,33,35). The van der Waals surface area contributed by atoms with E-state index < -0.39 is 0 Å². The summed E-state index contributed by atoms with van der Waals surface area (Å²) in [6, 6.07) is 15.0. The summed E-state index contributed by atoms with van der Waals surface area (Å²) >= 11 is 0. The highest BCUT2D eigenvalue weighted by Gasteiger charge is 2.22. The zero-order chi connectivity index (χ0) is 25.9. The van der Waals surface area contributed by atoms with Crippen LogP contribution in [-0.4, -0.2) is 29.5 Å². The number of nitrogens with zero attached hydrogens (tertiary/aromatic N) is 5. The van der Waals surface area contributed by atoms with E-state index in [1.54, 1.807) is 17.1 Å². The van der Waals surface area contributed by atoms with Crippen LogP contribution in [0, 0.1) is 13.8 Å². The van der Waals surface area contributed by atoms with Crippen LogP contribution in [0.3, 0.4) is 0 Å². The van der Waals surface area contributed by atoms with E-state index in [4.69, 9.17) is 10.7 Å². The molecule has 0 amide bonds. The Balaban J connectivity index is 1.67. The van der Waals surface area contributed by atoms with Crippen molar-refractivity contribution in [3.05, 3.63) is 99.7 Å². The molecular weight excluding hydrogens is 464 g/mol. The third kappa shape index (κ3) is 4.71. The van der Waals surface area contributed by atoms with Crippen LogP contribution in [-0.2, 0) is 0 Å². The van der Waals surface area contributed by atoms with Crippen molar-refractivity contribution in [3.8, 4) is 5.69 Å². The van der Waals surface area contributed by atoms with Gasteiger partial charge in [-0.1, -0.05) is 37.3 Å². The van der Waals surface area contributed by atoms with E-state index >= 15 is 0 Å². The SMILES string of the molecule is CCC(Nc1nc(N)nc(C)c1C=Cc1cnc[nH]1)c1nc2cccc(C)c2c(=O)n1-c1ccccc1. The number of H-pyrrole nitrogens is 1. The summed E-state index contributed by atoms with van der Waals surface area (Å²) < 4.78 is 1.69. The highest BCUT2D eigenvalue weighted by molar-refractivity contribution is 5.81. The molecule has 0 fully saturated rings. The lowest BCUT2D eigenvalue weighted by molar-refractivity contribution is 0.658. The van der Waals surface area contributed by atoms with Crippen molar-refractivity contribution in [2.75, 3.05) is 11.1 Å². The van der Waals surface area contributed by atoms with Gasteiger partial charge in [0.2, 0.25) is 5.95 Å². The van der Waals surface area contributed by atoms with E-state index in [0.29, 0.717) is 29.0 Å². The Morgan fingerprint density at radius 2 is 1.86 bits per heavy atom. The van der Waals surface area contributed by atoms with E-state index in [9.17, 15) is 4.79 Å². The van der Waals surface area contributed by atoms with Crippen LogP contribution in [0.15, 0.2) is 65.8 Å². The minimum atomic E-state index is -0.342. The Hall–Kier alpha value is -4.79. The molecule has 0 aliphatic carbocycles. The van der Waals surface area contributed by atoms with Gasteiger partial charge in [-0.25, -0.2) is 15.0 Å². The molecule has 0 aliphatic rings. The maximum Gasteiger partial charge on any atom is 0.266 e. The number of aromatic amines is 1. The Morgan fingerprint density at radius 1 is 1.05 bits per heavy atom.